The molecular formula is C13H21ClN2. The molecule has 1 aromatic carbocycles. The van der Waals surface area contributed by atoms with Crippen molar-refractivity contribution in [1.29, 1.82) is 0 Å². The number of aliphatic imine (C=N–C) groups is 1. The Hall–Kier alpha value is -1.02. The van der Waals surface area contributed by atoms with Gasteiger partial charge in [0.25, 0.3) is 0 Å². The Bertz CT molecular complexity index is 334. The smallest absolute Gasteiger partial charge is 0.101 e. The first-order valence-corrected chi connectivity index (χ1v) is 5.59. The largest absolute Gasteiger partial charge is 0.374 e. The highest BCUT2D eigenvalue weighted by molar-refractivity contribution is 5.85. The van der Waals surface area contributed by atoms with Crippen molar-refractivity contribution in [3.63, 3.8) is 0 Å². The molecule has 90 valence electrons. The van der Waals surface area contributed by atoms with Crippen LogP contribution >= 0.6 is 12.4 Å². The van der Waals surface area contributed by atoms with Crippen molar-refractivity contribution in [2.45, 2.75) is 27.2 Å². The zero-order valence-corrected chi connectivity index (χ0v) is 11.1. The van der Waals surface area contributed by atoms with Gasteiger partial charge in [0.15, 0.2) is 0 Å². The normalized spacial score (nSPS) is 10.8. The van der Waals surface area contributed by atoms with Crippen molar-refractivity contribution in [3.8, 4) is 0 Å². The molecule has 0 unspecified atom stereocenters. The quantitative estimate of drug-likeness (QED) is 0.635. The zero-order chi connectivity index (χ0) is 11.1. The van der Waals surface area contributed by atoms with E-state index in [-0.39, 0.29) is 12.4 Å². The lowest BCUT2D eigenvalue weighted by atomic mass is 10.1. The van der Waals surface area contributed by atoms with E-state index in [9.17, 15) is 0 Å². The average molecular weight is 241 g/mol. The molecule has 0 heterocycles. The summed E-state index contributed by atoms with van der Waals surface area (Å²) in [4.78, 5) is 4.44. The number of nitrogens with zero attached hydrogens (tertiary/aromatic N) is 1. The fourth-order valence-electron chi connectivity index (χ4n) is 1.58. The molecule has 0 aliphatic heterocycles. The maximum Gasteiger partial charge on any atom is 0.101 e. The van der Waals surface area contributed by atoms with Crippen molar-refractivity contribution >= 4 is 18.2 Å². The number of benzene rings is 1. The molecule has 0 spiro atoms. The summed E-state index contributed by atoms with van der Waals surface area (Å²) in [5, 5.41) is 3.30. The van der Waals surface area contributed by atoms with E-state index in [4.69, 9.17) is 0 Å². The standard InChI is InChI=1S/C13H20N2.ClH/c1-4-14-13(15-5-2)10-12-8-6-7-11(3)9-12;/h6-9H,4-5,10H2,1-3H3,(H,14,15);1H. The number of hydrogen-bond acceptors (Lipinski definition) is 1. The molecule has 0 aromatic heterocycles. The molecule has 0 amide bonds. The van der Waals surface area contributed by atoms with Gasteiger partial charge in [-0.25, -0.2) is 0 Å². The van der Waals surface area contributed by atoms with Crippen LogP contribution in [-0.2, 0) is 6.42 Å². The van der Waals surface area contributed by atoms with Crippen LogP contribution in [0, 0.1) is 6.92 Å². The van der Waals surface area contributed by atoms with E-state index in [1.807, 2.05) is 0 Å². The van der Waals surface area contributed by atoms with Crippen molar-refractivity contribution in [2.24, 2.45) is 4.99 Å². The van der Waals surface area contributed by atoms with Crippen molar-refractivity contribution < 1.29 is 0 Å². The van der Waals surface area contributed by atoms with Gasteiger partial charge < -0.3 is 5.32 Å². The number of likely N-dealkylation sites (N-methyl/N-ethyl adjacent to an activating group) is 1. The molecule has 1 N–H and O–H groups in total. The van der Waals surface area contributed by atoms with Gasteiger partial charge in [-0.2, -0.15) is 0 Å². The lowest BCUT2D eigenvalue weighted by Crippen LogP contribution is -2.25. The number of hydrogen-bond donors (Lipinski definition) is 1. The van der Waals surface area contributed by atoms with Crippen LogP contribution in [0.15, 0.2) is 29.3 Å². The molecule has 0 aliphatic carbocycles. The third-order valence-corrected chi connectivity index (χ3v) is 2.18. The zero-order valence-electron chi connectivity index (χ0n) is 10.3. The van der Waals surface area contributed by atoms with Gasteiger partial charge in [-0.1, -0.05) is 29.8 Å². The summed E-state index contributed by atoms with van der Waals surface area (Å²) in [5.41, 5.74) is 2.63. The molecular weight excluding hydrogens is 220 g/mol. The maximum atomic E-state index is 4.44. The summed E-state index contributed by atoms with van der Waals surface area (Å²) in [7, 11) is 0. The third-order valence-electron chi connectivity index (χ3n) is 2.18. The Morgan fingerprint density at radius 1 is 1.31 bits per heavy atom. The van der Waals surface area contributed by atoms with Crippen molar-refractivity contribution in [2.75, 3.05) is 13.1 Å². The van der Waals surface area contributed by atoms with Crippen LogP contribution in [0.25, 0.3) is 0 Å². The van der Waals surface area contributed by atoms with Gasteiger partial charge in [-0.3, -0.25) is 4.99 Å². The van der Waals surface area contributed by atoms with E-state index in [1.165, 1.54) is 11.1 Å². The second kappa shape index (κ2) is 8.17. The molecule has 0 aliphatic rings. The topological polar surface area (TPSA) is 24.4 Å². The summed E-state index contributed by atoms with van der Waals surface area (Å²) in [6, 6.07) is 8.58. The molecule has 16 heavy (non-hydrogen) atoms. The summed E-state index contributed by atoms with van der Waals surface area (Å²) in [5.74, 6) is 1.09. The monoisotopic (exact) mass is 240 g/mol. The molecule has 0 atom stereocenters. The van der Waals surface area contributed by atoms with Gasteiger partial charge in [0.1, 0.15) is 5.84 Å². The SMILES string of the molecule is CCN=C(Cc1cccc(C)c1)NCC.Cl. The van der Waals surface area contributed by atoms with E-state index in [0.717, 1.165) is 25.3 Å². The van der Waals surface area contributed by atoms with Crippen LogP contribution in [0.3, 0.4) is 0 Å². The summed E-state index contributed by atoms with van der Waals surface area (Å²) in [6.45, 7) is 8.06. The highest BCUT2D eigenvalue weighted by Crippen LogP contribution is 2.05. The van der Waals surface area contributed by atoms with E-state index < -0.39 is 0 Å². The molecule has 0 radical (unpaired) electrons. The Labute approximate surface area is 105 Å². The highest BCUT2D eigenvalue weighted by atomic mass is 35.5. The predicted molar refractivity (Wildman–Crippen MR) is 73.8 cm³/mol. The first-order valence-electron chi connectivity index (χ1n) is 5.59. The van der Waals surface area contributed by atoms with Crippen LogP contribution < -0.4 is 5.32 Å². The lowest BCUT2D eigenvalue weighted by Gasteiger charge is -2.08. The number of amidine groups is 1. The van der Waals surface area contributed by atoms with E-state index >= 15 is 0 Å². The number of nitrogens with one attached hydrogen (secondary N) is 1. The van der Waals surface area contributed by atoms with Gasteiger partial charge in [-0.05, 0) is 26.3 Å². The summed E-state index contributed by atoms with van der Waals surface area (Å²) in [6.07, 6.45) is 0.906. The fourth-order valence-corrected chi connectivity index (χ4v) is 1.58. The van der Waals surface area contributed by atoms with Gasteiger partial charge in [-0.15, -0.1) is 12.4 Å². The molecule has 0 bridgehead atoms. The van der Waals surface area contributed by atoms with Crippen molar-refractivity contribution in [3.05, 3.63) is 35.4 Å². The van der Waals surface area contributed by atoms with Crippen molar-refractivity contribution in [1.82, 2.24) is 5.32 Å². The maximum absolute atomic E-state index is 4.44. The number of aryl methyl sites for hydroxylation is 1. The fraction of sp³-hybridized carbons (Fsp3) is 0.462. The van der Waals surface area contributed by atoms with Gasteiger partial charge in [0, 0.05) is 19.5 Å². The van der Waals surface area contributed by atoms with E-state index in [1.54, 1.807) is 0 Å². The Kier molecular flexibility index (Phi) is 7.65. The van der Waals surface area contributed by atoms with Gasteiger partial charge in [0.2, 0.25) is 0 Å². The second-order valence-electron chi connectivity index (χ2n) is 3.62. The molecule has 1 aromatic rings. The predicted octanol–water partition coefficient (Wildman–Crippen LogP) is 2.99. The number of rotatable bonds is 4. The van der Waals surface area contributed by atoms with Crippen LogP contribution in [0.1, 0.15) is 25.0 Å². The average Bonchev–Trinajstić information content (AvgIpc) is 2.18. The molecule has 2 nitrogen and oxygen atoms in total. The number of halogens is 1. The second-order valence-corrected chi connectivity index (χ2v) is 3.62. The Morgan fingerprint density at radius 2 is 2.06 bits per heavy atom. The molecule has 0 saturated carbocycles. The first kappa shape index (κ1) is 15.0. The molecule has 3 heteroatoms. The van der Waals surface area contributed by atoms with Gasteiger partial charge in [0.05, 0.1) is 0 Å². The van der Waals surface area contributed by atoms with Crippen LogP contribution in [0.5, 0.6) is 0 Å². The minimum absolute atomic E-state index is 0. The van der Waals surface area contributed by atoms with Crippen LogP contribution in [-0.4, -0.2) is 18.9 Å². The minimum atomic E-state index is 0. The molecule has 0 saturated heterocycles. The van der Waals surface area contributed by atoms with E-state index in [0.29, 0.717) is 0 Å². The van der Waals surface area contributed by atoms with Crippen LogP contribution in [0.2, 0.25) is 0 Å². The van der Waals surface area contributed by atoms with E-state index in [2.05, 4.69) is 55.3 Å². The van der Waals surface area contributed by atoms with Crippen LogP contribution in [0.4, 0.5) is 0 Å². The Morgan fingerprint density at radius 3 is 2.62 bits per heavy atom. The lowest BCUT2D eigenvalue weighted by molar-refractivity contribution is 0.922. The molecule has 1 rings (SSSR count). The third kappa shape index (κ3) is 5.17. The Balaban J connectivity index is 0.00000225. The minimum Gasteiger partial charge on any atom is -0.374 e. The summed E-state index contributed by atoms with van der Waals surface area (Å²) < 4.78 is 0. The first-order chi connectivity index (χ1) is 7.26. The van der Waals surface area contributed by atoms with Gasteiger partial charge >= 0.3 is 0 Å². The summed E-state index contributed by atoms with van der Waals surface area (Å²) >= 11 is 0. The highest BCUT2D eigenvalue weighted by Gasteiger charge is 1.99. The molecule has 0 fully saturated rings.